The van der Waals surface area contributed by atoms with E-state index < -0.39 is 23.7 Å². The Kier molecular flexibility index (Phi) is 1.87. The first-order valence-electron chi connectivity index (χ1n) is 2.75. The molecule has 0 spiro atoms. The summed E-state index contributed by atoms with van der Waals surface area (Å²) in [6.07, 6.45) is -4.64. The molecule has 0 atom stereocenters. The SMILES string of the molecule is C=C(F)c1n[nH]c(C(F)(F)F)n1. The lowest BCUT2D eigenvalue weighted by atomic mass is 10.5. The van der Waals surface area contributed by atoms with Gasteiger partial charge >= 0.3 is 6.18 Å². The minimum Gasteiger partial charge on any atom is -0.255 e. The van der Waals surface area contributed by atoms with E-state index in [1.165, 1.54) is 0 Å². The van der Waals surface area contributed by atoms with Gasteiger partial charge in [-0.3, -0.25) is 5.10 Å². The Morgan fingerprint density at radius 1 is 1.42 bits per heavy atom. The summed E-state index contributed by atoms with van der Waals surface area (Å²) in [6.45, 7) is 2.74. The summed E-state index contributed by atoms with van der Waals surface area (Å²) < 4.78 is 47.5. The maximum Gasteiger partial charge on any atom is 0.451 e. The van der Waals surface area contributed by atoms with Crippen molar-refractivity contribution >= 4 is 5.83 Å². The summed E-state index contributed by atoms with van der Waals surface area (Å²) in [7, 11) is 0. The Balaban J connectivity index is 3.00. The smallest absolute Gasteiger partial charge is 0.255 e. The van der Waals surface area contributed by atoms with Gasteiger partial charge in [-0.2, -0.15) is 18.3 Å². The van der Waals surface area contributed by atoms with E-state index in [2.05, 4.69) is 16.7 Å². The molecule has 0 aliphatic rings. The van der Waals surface area contributed by atoms with Gasteiger partial charge in [0.25, 0.3) is 0 Å². The molecule has 1 heterocycles. The molecule has 1 aromatic heterocycles. The molecule has 0 aliphatic heterocycles. The van der Waals surface area contributed by atoms with Gasteiger partial charge in [0, 0.05) is 0 Å². The van der Waals surface area contributed by atoms with Gasteiger partial charge in [-0.25, -0.2) is 9.37 Å². The summed E-state index contributed by atoms with van der Waals surface area (Å²) in [6, 6.07) is 0. The molecule has 3 nitrogen and oxygen atoms in total. The first-order chi connectivity index (χ1) is 5.41. The average Bonchev–Trinajstić information content (AvgIpc) is 2.30. The highest BCUT2D eigenvalue weighted by Gasteiger charge is 2.35. The Morgan fingerprint density at radius 3 is 2.25 bits per heavy atom. The monoisotopic (exact) mass is 181 g/mol. The van der Waals surface area contributed by atoms with Gasteiger partial charge < -0.3 is 0 Å². The second-order valence-corrected chi connectivity index (χ2v) is 1.91. The van der Waals surface area contributed by atoms with E-state index in [1.54, 1.807) is 5.10 Å². The topological polar surface area (TPSA) is 41.6 Å². The highest BCUT2D eigenvalue weighted by molar-refractivity contribution is 5.47. The molecule has 0 radical (unpaired) electrons. The van der Waals surface area contributed by atoms with Crippen molar-refractivity contribution in [1.29, 1.82) is 0 Å². The normalized spacial score (nSPS) is 11.7. The van der Waals surface area contributed by atoms with Crippen molar-refractivity contribution in [2.24, 2.45) is 0 Å². The predicted molar refractivity (Wildman–Crippen MR) is 31.5 cm³/mol. The molecule has 7 heteroatoms. The van der Waals surface area contributed by atoms with Crippen LogP contribution in [0.5, 0.6) is 0 Å². The first-order valence-corrected chi connectivity index (χ1v) is 2.75. The van der Waals surface area contributed by atoms with Crippen molar-refractivity contribution in [1.82, 2.24) is 15.2 Å². The van der Waals surface area contributed by atoms with Gasteiger partial charge in [0.05, 0.1) is 0 Å². The molecule has 0 aliphatic carbocycles. The van der Waals surface area contributed by atoms with Crippen molar-refractivity contribution in [3.05, 3.63) is 18.2 Å². The van der Waals surface area contributed by atoms with Crippen molar-refractivity contribution in [3.8, 4) is 0 Å². The number of rotatable bonds is 1. The van der Waals surface area contributed by atoms with E-state index in [-0.39, 0.29) is 0 Å². The Labute approximate surface area is 64.1 Å². The lowest BCUT2D eigenvalue weighted by molar-refractivity contribution is -0.144. The molecule has 0 saturated heterocycles. The van der Waals surface area contributed by atoms with Crippen LogP contribution < -0.4 is 0 Å². The molecule has 0 aromatic carbocycles. The van der Waals surface area contributed by atoms with E-state index in [4.69, 9.17) is 0 Å². The molecule has 0 unspecified atom stereocenters. The van der Waals surface area contributed by atoms with Gasteiger partial charge in [-0.1, -0.05) is 6.58 Å². The quantitative estimate of drug-likeness (QED) is 0.670. The minimum atomic E-state index is -4.64. The fraction of sp³-hybridized carbons (Fsp3) is 0.200. The lowest BCUT2D eigenvalue weighted by Crippen LogP contribution is -2.07. The van der Waals surface area contributed by atoms with Crippen LogP contribution in [0.25, 0.3) is 5.83 Å². The second kappa shape index (κ2) is 2.58. The van der Waals surface area contributed by atoms with Crippen LogP contribution in [0.15, 0.2) is 6.58 Å². The van der Waals surface area contributed by atoms with Crippen LogP contribution in [0.1, 0.15) is 11.6 Å². The number of hydrogen-bond donors (Lipinski definition) is 1. The highest BCUT2D eigenvalue weighted by atomic mass is 19.4. The summed E-state index contributed by atoms with van der Waals surface area (Å²) >= 11 is 0. The van der Waals surface area contributed by atoms with Crippen LogP contribution in [0.3, 0.4) is 0 Å². The zero-order chi connectivity index (χ0) is 9.35. The zero-order valence-electron chi connectivity index (χ0n) is 5.61. The average molecular weight is 181 g/mol. The standard InChI is InChI=1S/C5H3F4N3/c1-2(6)3-10-4(12-11-3)5(7,8)9/h1H2,(H,10,11,12). The van der Waals surface area contributed by atoms with Crippen LogP contribution in [-0.4, -0.2) is 15.2 Å². The number of hydrogen-bond acceptors (Lipinski definition) is 2. The van der Waals surface area contributed by atoms with Crippen LogP contribution in [0, 0.1) is 0 Å². The van der Waals surface area contributed by atoms with Crippen molar-refractivity contribution < 1.29 is 17.6 Å². The molecule has 1 aromatic rings. The largest absolute Gasteiger partial charge is 0.451 e. The molecular formula is C5H3F4N3. The second-order valence-electron chi connectivity index (χ2n) is 1.91. The summed E-state index contributed by atoms with van der Waals surface area (Å²) in [5.41, 5.74) is 0. The molecular weight excluding hydrogens is 178 g/mol. The lowest BCUT2D eigenvalue weighted by Gasteiger charge is -1.97. The van der Waals surface area contributed by atoms with Gasteiger partial charge in [0.2, 0.25) is 11.6 Å². The predicted octanol–water partition coefficient (Wildman–Crippen LogP) is 1.76. The first kappa shape index (κ1) is 8.69. The van der Waals surface area contributed by atoms with Gasteiger partial charge in [-0.15, -0.1) is 0 Å². The molecule has 1 N–H and O–H groups in total. The molecule has 1 rings (SSSR count). The van der Waals surface area contributed by atoms with E-state index in [1.807, 2.05) is 0 Å². The number of H-pyrrole nitrogens is 1. The third kappa shape index (κ3) is 1.60. The zero-order valence-corrected chi connectivity index (χ0v) is 5.61. The summed E-state index contributed by atoms with van der Waals surface area (Å²) in [5, 5.41) is 4.49. The number of alkyl halides is 3. The number of aromatic amines is 1. The maximum absolute atomic E-state index is 12.1. The fourth-order valence-corrected chi connectivity index (χ4v) is 0.510. The number of nitrogens with one attached hydrogen (secondary N) is 1. The molecule has 0 fully saturated rings. The van der Waals surface area contributed by atoms with E-state index >= 15 is 0 Å². The van der Waals surface area contributed by atoms with Crippen LogP contribution in [0.4, 0.5) is 17.6 Å². The van der Waals surface area contributed by atoms with E-state index in [0.29, 0.717) is 0 Å². The van der Waals surface area contributed by atoms with Gasteiger partial charge in [0.1, 0.15) is 0 Å². The van der Waals surface area contributed by atoms with Gasteiger partial charge in [0.15, 0.2) is 5.83 Å². The molecule has 12 heavy (non-hydrogen) atoms. The molecule has 0 amide bonds. The summed E-state index contributed by atoms with van der Waals surface area (Å²) in [5.74, 6) is -3.12. The van der Waals surface area contributed by atoms with E-state index in [9.17, 15) is 17.6 Å². The van der Waals surface area contributed by atoms with E-state index in [0.717, 1.165) is 0 Å². The van der Waals surface area contributed by atoms with Crippen LogP contribution >= 0.6 is 0 Å². The Morgan fingerprint density at radius 2 is 2.00 bits per heavy atom. The maximum atomic E-state index is 12.1. The number of halogens is 4. The van der Waals surface area contributed by atoms with Gasteiger partial charge in [-0.05, 0) is 0 Å². The fourth-order valence-electron chi connectivity index (χ4n) is 0.510. The molecule has 66 valence electrons. The minimum absolute atomic E-state index is 0.678. The summed E-state index contributed by atoms with van der Waals surface area (Å²) in [4.78, 5) is 2.81. The third-order valence-corrected chi connectivity index (χ3v) is 0.997. The number of aromatic nitrogens is 3. The van der Waals surface area contributed by atoms with Crippen LogP contribution in [0.2, 0.25) is 0 Å². The van der Waals surface area contributed by atoms with Crippen molar-refractivity contribution in [2.75, 3.05) is 0 Å². The molecule has 0 saturated carbocycles. The van der Waals surface area contributed by atoms with Crippen molar-refractivity contribution in [2.45, 2.75) is 6.18 Å². The number of nitrogens with zero attached hydrogens (tertiary/aromatic N) is 2. The van der Waals surface area contributed by atoms with Crippen LogP contribution in [-0.2, 0) is 6.18 Å². The highest BCUT2D eigenvalue weighted by Crippen LogP contribution is 2.26. The third-order valence-electron chi connectivity index (χ3n) is 0.997. The van der Waals surface area contributed by atoms with Crippen molar-refractivity contribution in [3.63, 3.8) is 0 Å². The Hall–Kier alpha value is -1.40. The molecule has 0 bridgehead atoms. The Bertz CT molecular complexity index is 300.